The maximum absolute atomic E-state index is 8.69. The van der Waals surface area contributed by atoms with Crippen LogP contribution in [0.2, 0.25) is 0 Å². The van der Waals surface area contributed by atoms with Crippen molar-refractivity contribution in [3.05, 3.63) is 16.1 Å². The fourth-order valence-corrected chi connectivity index (χ4v) is 1.24. The summed E-state index contributed by atoms with van der Waals surface area (Å²) in [4.78, 5) is 4.72. The van der Waals surface area contributed by atoms with Gasteiger partial charge in [0, 0.05) is 6.20 Å². The molecule has 0 saturated heterocycles. The van der Waals surface area contributed by atoms with Crippen LogP contribution in [0.4, 0.5) is 0 Å². The third kappa shape index (κ3) is 2.35. The zero-order chi connectivity index (χ0) is 8.81. The van der Waals surface area contributed by atoms with Crippen LogP contribution in [0.3, 0.4) is 0 Å². The molecule has 1 aromatic rings. The molecule has 1 heterocycles. The van der Waals surface area contributed by atoms with Gasteiger partial charge in [0.05, 0.1) is 24.0 Å². The molecule has 0 bridgehead atoms. The summed E-state index contributed by atoms with van der Waals surface area (Å²) >= 11 is 1.34. The van der Waals surface area contributed by atoms with Crippen LogP contribution in [0.5, 0.6) is 0 Å². The second kappa shape index (κ2) is 4.50. The van der Waals surface area contributed by atoms with Gasteiger partial charge in [-0.05, 0) is 5.92 Å². The van der Waals surface area contributed by atoms with Crippen LogP contribution in [0.15, 0.2) is 6.20 Å². The number of hydrogen-bond donors (Lipinski definition) is 1. The highest BCUT2D eigenvalue weighted by atomic mass is 32.1. The van der Waals surface area contributed by atoms with Crippen molar-refractivity contribution in [1.82, 2.24) is 4.98 Å². The van der Waals surface area contributed by atoms with Gasteiger partial charge >= 0.3 is 0 Å². The van der Waals surface area contributed by atoms with E-state index in [1.807, 2.05) is 6.07 Å². The largest absolute Gasteiger partial charge is 0.391 e. The molecule has 0 aromatic carbocycles. The first-order chi connectivity index (χ1) is 5.86. The average molecular weight is 178 g/mol. The first kappa shape index (κ1) is 8.73. The molecule has 0 unspecified atom stereocenters. The van der Waals surface area contributed by atoms with E-state index in [2.05, 4.69) is 16.8 Å². The first-order valence-corrected chi connectivity index (χ1v) is 4.10. The van der Waals surface area contributed by atoms with E-state index in [1.54, 1.807) is 6.20 Å². The lowest BCUT2D eigenvalue weighted by atomic mass is 10.5. The third-order valence-electron chi connectivity index (χ3n) is 1.07. The van der Waals surface area contributed by atoms with Crippen molar-refractivity contribution >= 4 is 11.3 Å². The summed E-state index contributed by atoms with van der Waals surface area (Å²) < 4.78 is 0. The van der Waals surface area contributed by atoms with Gasteiger partial charge in [-0.2, -0.15) is 5.26 Å². The van der Waals surface area contributed by atoms with Crippen molar-refractivity contribution in [3.63, 3.8) is 0 Å². The Morgan fingerprint density at radius 2 is 2.50 bits per heavy atom. The zero-order valence-corrected chi connectivity index (χ0v) is 7.06. The highest BCUT2D eigenvalue weighted by molar-refractivity contribution is 7.12. The van der Waals surface area contributed by atoms with E-state index in [4.69, 9.17) is 10.4 Å². The van der Waals surface area contributed by atoms with Crippen molar-refractivity contribution in [2.24, 2.45) is 0 Å². The predicted octanol–water partition coefficient (Wildman–Crippen LogP) is 0.901. The SMILES string of the molecule is N#CCC#Cc1ncc(CO)s1. The first-order valence-electron chi connectivity index (χ1n) is 3.28. The fourth-order valence-electron chi connectivity index (χ4n) is 0.598. The smallest absolute Gasteiger partial charge is 0.167 e. The number of hydrogen-bond acceptors (Lipinski definition) is 4. The van der Waals surface area contributed by atoms with Crippen molar-refractivity contribution in [2.75, 3.05) is 0 Å². The van der Waals surface area contributed by atoms with E-state index in [9.17, 15) is 0 Å². The molecule has 12 heavy (non-hydrogen) atoms. The zero-order valence-electron chi connectivity index (χ0n) is 6.24. The second-order valence-corrected chi connectivity index (χ2v) is 3.04. The molecule has 4 heteroatoms. The maximum atomic E-state index is 8.69. The number of thiazole rings is 1. The molecule has 0 fully saturated rings. The fraction of sp³-hybridized carbons (Fsp3) is 0.250. The van der Waals surface area contributed by atoms with E-state index >= 15 is 0 Å². The number of nitriles is 1. The molecule has 0 aliphatic rings. The summed E-state index contributed by atoms with van der Waals surface area (Å²) in [6.45, 7) is -0.00238. The molecule has 0 atom stereocenters. The summed E-state index contributed by atoms with van der Waals surface area (Å²) in [6, 6.07) is 1.91. The minimum absolute atomic E-state index is 0.00238. The molecule has 0 aliphatic heterocycles. The summed E-state index contributed by atoms with van der Waals surface area (Å²) in [5.41, 5.74) is 0. The van der Waals surface area contributed by atoms with Crippen molar-refractivity contribution in [1.29, 1.82) is 5.26 Å². The Morgan fingerprint density at radius 3 is 3.08 bits per heavy atom. The minimum Gasteiger partial charge on any atom is -0.391 e. The number of aliphatic hydroxyl groups is 1. The summed E-state index contributed by atoms with van der Waals surface area (Å²) in [6.07, 6.45) is 1.80. The quantitative estimate of drug-likeness (QED) is 0.650. The molecule has 1 N–H and O–H groups in total. The molecule has 0 radical (unpaired) electrons. The minimum atomic E-state index is -0.00238. The van der Waals surface area contributed by atoms with Gasteiger partial charge in [0.15, 0.2) is 5.01 Å². The van der Waals surface area contributed by atoms with E-state index < -0.39 is 0 Å². The van der Waals surface area contributed by atoms with E-state index in [0.29, 0.717) is 5.01 Å². The average Bonchev–Trinajstić information content (AvgIpc) is 2.53. The Morgan fingerprint density at radius 1 is 1.67 bits per heavy atom. The Labute approximate surface area is 74.3 Å². The monoisotopic (exact) mass is 178 g/mol. The van der Waals surface area contributed by atoms with Crippen LogP contribution in [0.1, 0.15) is 16.3 Å². The molecule has 1 rings (SSSR count). The molecular weight excluding hydrogens is 172 g/mol. The van der Waals surface area contributed by atoms with Crippen LogP contribution in [-0.2, 0) is 6.61 Å². The number of rotatable bonds is 1. The van der Waals surface area contributed by atoms with Crippen LogP contribution in [0.25, 0.3) is 0 Å². The molecule has 0 aliphatic carbocycles. The Hall–Kier alpha value is -1.36. The van der Waals surface area contributed by atoms with E-state index in [-0.39, 0.29) is 13.0 Å². The third-order valence-corrected chi connectivity index (χ3v) is 1.97. The maximum Gasteiger partial charge on any atom is 0.167 e. The second-order valence-electron chi connectivity index (χ2n) is 1.93. The molecule has 3 nitrogen and oxygen atoms in total. The van der Waals surface area contributed by atoms with Gasteiger partial charge < -0.3 is 5.11 Å². The highest BCUT2D eigenvalue weighted by Gasteiger charge is 1.95. The van der Waals surface area contributed by atoms with Gasteiger partial charge in [-0.15, -0.1) is 11.3 Å². The number of aliphatic hydroxyl groups excluding tert-OH is 1. The normalized spacial score (nSPS) is 8.33. The number of aromatic nitrogens is 1. The van der Waals surface area contributed by atoms with Gasteiger partial charge in [-0.25, -0.2) is 4.98 Å². The highest BCUT2D eigenvalue weighted by Crippen LogP contribution is 2.10. The Bertz CT molecular complexity index is 353. The van der Waals surface area contributed by atoms with Crippen molar-refractivity contribution in [3.8, 4) is 17.9 Å². The Kier molecular flexibility index (Phi) is 3.28. The molecular formula is C8H6N2OS. The van der Waals surface area contributed by atoms with E-state index in [1.165, 1.54) is 11.3 Å². The van der Waals surface area contributed by atoms with Crippen LogP contribution in [-0.4, -0.2) is 10.1 Å². The summed E-state index contributed by atoms with van der Waals surface area (Å²) in [7, 11) is 0. The molecule has 0 spiro atoms. The lowest BCUT2D eigenvalue weighted by Gasteiger charge is -1.78. The van der Waals surface area contributed by atoms with Gasteiger partial charge in [0.25, 0.3) is 0 Å². The van der Waals surface area contributed by atoms with Gasteiger partial charge in [-0.1, -0.05) is 5.92 Å². The Balaban J connectivity index is 2.67. The van der Waals surface area contributed by atoms with Crippen LogP contribution < -0.4 is 0 Å². The topological polar surface area (TPSA) is 56.9 Å². The summed E-state index contributed by atoms with van der Waals surface area (Å²) in [5, 5.41) is 17.5. The standard InChI is InChI=1S/C8H6N2OS/c9-4-2-1-3-8-10-5-7(6-11)12-8/h5,11H,2,6H2. The summed E-state index contributed by atoms with van der Waals surface area (Å²) in [5.74, 6) is 5.37. The molecule has 0 amide bonds. The lowest BCUT2D eigenvalue weighted by Crippen LogP contribution is -1.70. The van der Waals surface area contributed by atoms with Gasteiger partial charge in [-0.3, -0.25) is 0 Å². The molecule has 1 aromatic heterocycles. The van der Waals surface area contributed by atoms with Crippen LogP contribution in [0, 0.1) is 23.2 Å². The van der Waals surface area contributed by atoms with E-state index in [0.717, 1.165) is 4.88 Å². The van der Waals surface area contributed by atoms with Gasteiger partial charge in [0.1, 0.15) is 0 Å². The molecule has 60 valence electrons. The van der Waals surface area contributed by atoms with Crippen molar-refractivity contribution < 1.29 is 5.11 Å². The predicted molar refractivity (Wildman–Crippen MR) is 45.1 cm³/mol. The lowest BCUT2D eigenvalue weighted by molar-refractivity contribution is 0.285. The van der Waals surface area contributed by atoms with Crippen molar-refractivity contribution in [2.45, 2.75) is 13.0 Å². The van der Waals surface area contributed by atoms with Gasteiger partial charge in [0.2, 0.25) is 0 Å². The molecule has 0 saturated carbocycles. The van der Waals surface area contributed by atoms with Crippen LogP contribution >= 0.6 is 11.3 Å². The number of nitrogens with zero attached hydrogens (tertiary/aromatic N) is 2.